The summed E-state index contributed by atoms with van der Waals surface area (Å²) in [5, 5.41) is 0.531. The number of benzene rings is 2. The number of carbonyl (C=O) groups is 1. The van der Waals surface area contributed by atoms with Crippen LogP contribution in [0.4, 0.5) is 4.39 Å². The van der Waals surface area contributed by atoms with E-state index in [0.29, 0.717) is 16.6 Å². The summed E-state index contributed by atoms with van der Waals surface area (Å²) in [7, 11) is 0. The third kappa shape index (κ3) is 3.32. The second-order valence-electron chi connectivity index (χ2n) is 5.87. The molecular weight excluding hydrogens is 347 g/mol. The molecule has 4 aromatic rings. The quantitative estimate of drug-likeness (QED) is 0.444. The number of rotatable bonds is 3. The third-order valence-electron chi connectivity index (χ3n) is 4.08. The Hall–Kier alpha value is -3.80. The minimum Gasteiger partial charge on any atom is -0.423 e. The van der Waals surface area contributed by atoms with Crippen LogP contribution >= 0.6 is 0 Å². The van der Waals surface area contributed by atoms with Gasteiger partial charge in [-0.25, -0.2) is 9.18 Å². The van der Waals surface area contributed by atoms with Gasteiger partial charge >= 0.3 is 5.97 Å². The molecule has 132 valence electrons. The molecule has 0 saturated carbocycles. The smallest absolute Gasteiger partial charge is 0.345 e. The molecule has 5 nitrogen and oxygen atoms in total. The minimum atomic E-state index is -0.630. The standard InChI is InChI=1S/C21H13FN2O3/c22-17-10-14(27-21(26)13-4-3-9-23-12-13)7-8-15(17)19-11-20(25)16-5-1-2-6-18(16)24-19/h1-12H,(H,24,25). The van der Waals surface area contributed by atoms with Crippen LogP contribution in [0.1, 0.15) is 10.4 Å². The Morgan fingerprint density at radius 2 is 1.89 bits per heavy atom. The molecule has 2 heterocycles. The van der Waals surface area contributed by atoms with E-state index < -0.39 is 11.8 Å². The number of nitrogens with zero attached hydrogens (tertiary/aromatic N) is 1. The van der Waals surface area contributed by atoms with Crippen molar-refractivity contribution >= 4 is 16.9 Å². The number of nitrogens with one attached hydrogen (secondary N) is 1. The minimum absolute atomic E-state index is 0.0632. The van der Waals surface area contributed by atoms with Crippen molar-refractivity contribution in [2.45, 2.75) is 0 Å². The summed E-state index contributed by atoms with van der Waals surface area (Å²) in [4.78, 5) is 31.2. The van der Waals surface area contributed by atoms with Crippen molar-refractivity contribution in [2.75, 3.05) is 0 Å². The number of hydrogen-bond donors (Lipinski definition) is 1. The van der Waals surface area contributed by atoms with Gasteiger partial charge in [-0.15, -0.1) is 0 Å². The van der Waals surface area contributed by atoms with Crippen molar-refractivity contribution in [3.8, 4) is 17.0 Å². The van der Waals surface area contributed by atoms with Crippen molar-refractivity contribution in [2.24, 2.45) is 0 Å². The Balaban J connectivity index is 1.66. The zero-order valence-corrected chi connectivity index (χ0v) is 14.0. The van der Waals surface area contributed by atoms with E-state index >= 15 is 0 Å². The van der Waals surface area contributed by atoms with E-state index in [9.17, 15) is 14.0 Å². The zero-order valence-electron chi connectivity index (χ0n) is 14.0. The van der Waals surface area contributed by atoms with E-state index in [4.69, 9.17) is 4.74 Å². The molecule has 1 N–H and O–H groups in total. The molecule has 0 spiro atoms. The molecule has 0 aliphatic carbocycles. The average Bonchev–Trinajstić information content (AvgIpc) is 2.69. The van der Waals surface area contributed by atoms with Gasteiger partial charge < -0.3 is 9.72 Å². The second kappa shape index (κ2) is 6.84. The van der Waals surface area contributed by atoms with Gasteiger partial charge in [0.2, 0.25) is 0 Å². The number of hydrogen-bond acceptors (Lipinski definition) is 4. The first-order valence-electron chi connectivity index (χ1n) is 8.16. The van der Waals surface area contributed by atoms with Crippen molar-refractivity contribution in [3.63, 3.8) is 0 Å². The van der Waals surface area contributed by atoms with E-state index in [1.165, 1.54) is 30.6 Å². The number of H-pyrrole nitrogens is 1. The normalized spacial score (nSPS) is 10.7. The van der Waals surface area contributed by atoms with Gasteiger partial charge in [0.15, 0.2) is 5.43 Å². The van der Waals surface area contributed by atoms with Gasteiger partial charge in [-0.2, -0.15) is 0 Å². The highest BCUT2D eigenvalue weighted by molar-refractivity contribution is 5.90. The lowest BCUT2D eigenvalue weighted by molar-refractivity contribution is 0.0734. The Morgan fingerprint density at radius 1 is 1.04 bits per heavy atom. The van der Waals surface area contributed by atoms with Crippen LogP contribution in [0.2, 0.25) is 0 Å². The van der Waals surface area contributed by atoms with Crippen LogP contribution in [-0.2, 0) is 0 Å². The maximum atomic E-state index is 14.6. The molecule has 0 atom stereocenters. The van der Waals surface area contributed by atoms with Crippen LogP contribution < -0.4 is 10.2 Å². The summed E-state index contributed by atoms with van der Waals surface area (Å²) in [6, 6.07) is 15.6. The van der Waals surface area contributed by atoms with Crippen molar-refractivity contribution in [1.82, 2.24) is 9.97 Å². The number of ether oxygens (including phenoxy) is 1. The Labute approximate surface area is 153 Å². The fraction of sp³-hybridized carbons (Fsp3) is 0. The molecule has 2 aromatic carbocycles. The first kappa shape index (κ1) is 16.7. The molecule has 0 fully saturated rings. The maximum absolute atomic E-state index is 14.6. The Bertz CT molecular complexity index is 1200. The molecule has 27 heavy (non-hydrogen) atoms. The van der Waals surface area contributed by atoms with Crippen LogP contribution in [0.5, 0.6) is 5.75 Å². The SMILES string of the molecule is O=C(Oc1ccc(-c2cc(=O)c3ccccc3[nH]2)c(F)c1)c1cccnc1. The number of aromatic nitrogens is 2. The fourth-order valence-electron chi connectivity index (χ4n) is 2.77. The highest BCUT2D eigenvalue weighted by Gasteiger charge is 2.13. The van der Waals surface area contributed by atoms with Crippen LogP contribution in [0.25, 0.3) is 22.2 Å². The molecule has 0 amide bonds. The van der Waals surface area contributed by atoms with E-state index in [2.05, 4.69) is 9.97 Å². The lowest BCUT2D eigenvalue weighted by Crippen LogP contribution is -2.09. The first-order valence-corrected chi connectivity index (χ1v) is 8.16. The predicted molar refractivity (Wildman–Crippen MR) is 99.2 cm³/mol. The van der Waals surface area contributed by atoms with Gasteiger partial charge in [0.25, 0.3) is 0 Å². The van der Waals surface area contributed by atoms with Crippen LogP contribution in [0, 0.1) is 5.82 Å². The number of pyridine rings is 2. The molecule has 4 rings (SSSR count). The van der Waals surface area contributed by atoms with Gasteiger partial charge in [0.05, 0.1) is 11.3 Å². The van der Waals surface area contributed by atoms with Gasteiger partial charge in [0.1, 0.15) is 11.6 Å². The number of halogens is 1. The van der Waals surface area contributed by atoms with Crippen LogP contribution in [0.3, 0.4) is 0 Å². The Morgan fingerprint density at radius 3 is 2.67 bits per heavy atom. The summed E-state index contributed by atoms with van der Waals surface area (Å²) in [5.74, 6) is -1.18. The van der Waals surface area contributed by atoms with Gasteiger partial charge in [-0.3, -0.25) is 9.78 Å². The Kier molecular flexibility index (Phi) is 4.22. The summed E-state index contributed by atoms with van der Waals surface area (Å²) in [5.41, 5.74) is 1.23. The van der Waals surface area contributed by atoms with Gasteiger partial charge in [-0.1, -0.05) is 12.1 Å². The van der Waals surface area contributed by atoms with E-state index in [0.717, 1.165) is 6.07 Å². The summed E-state index contributed by atoms with van der Waals surface area (Å²) < 4.78 is 19.8. The van der Waals surface area contributed by atoms with Crippen LogP contribution in [-0.4, -0.2) is 15.9 Å². The largest absolute Gasteiger partial charge is 0.423 e. The molecule has 0 saturated heterocycles. The van der Waals surface area contributed by atoms with E-state index in [1.807, 2.05) is 0 Å². The average molecular weight is 360 g/mol. The summed E-state index contributed by atoms with van der Waals surface area (Å²) in [6.45, 7) is 0. The second-order valence-corrected chi connectivity index (χ2v) is 5.87. The monoisotopic (exact) mass is 360 g/mol. The third-order valence-corrected chi connectivity index (χ3v) is 4.08. The molecule has 0 bridgehead atoms. The molecule has 6 heteroatoms. The van der Waals surface area contributed by atoms with Crippen molar-refractivity contribution < 1.29 is 13.9 Å². The van der Waals surface area contributed by atoms with E-state index in [-0.39, 0.29) is 22.3 Å². The maximum Gasteiger partial charge on any atom is 0.345 e. The summed E-state index contributed by atoms with van der Waals surface area (Å²) >= 11 is 0. The predicted octanol–water partition coefficient (Wildman–Crippen LogP) is 3.95. The fourth-order valence-corrected chi connectivity index (χ4v) is 2.77. The first-order chi connectivity index (χ1) is 13.1. The van der Waals surface area contributed by atoms with Gasteiger partial charge in [0, 0.05) is 41.0 Å². The molecule has 0 aliphatic rings. The molecule has 2 aromatic heterocycles. The lowest BCUT2D eigenvalue weighted by atomic mass is 10.1. The number of aromatic amines is 1. The molecule has 0 unspecified atom stereocenters. The molecule has 0 aliphatic heterocycles. The zero-order chi connectivity index (χ0) is 18.8. The lowest BCUT2D eigenvalue weighted by Gasteiger charge is -2.08. The molecular formula is C21H13FN2O3. The highest BCUT2D eigenvalue weighted by atomic mass is 19.1. The number of esters is 1. The van der Waals surface area contributed by atoms with Crippen molar-refractivity contribution in [3.05, 3.63) is 94.7 Å². The summed E-state index contributed by atoms with van der Waals surface area (Å²) in [6.07, 6.45) is 2.91. The molecule has 0 radical (unpaired) electrons. The van der Waals surface area contributed by atoms with Crippen molar-refractivity contribution in [1.29, 1.82) is 0 Å². The number of para-hydroxylation sites is 1. The number of fused-ring (bicyclic) bond motifs is 1. The highest BCUT2D eigenvalue weighted by Crippen LogP contribution is 2.26. The topological polar surface area (TPSA) is 72.1 Å². The van der Waals surface area contributed by atoms with E-state index in [1.54, 1.807) is 36.4 Å². The van der Waals surface area contributed by atoms with Crippen LogP contribution in [0.15, 0.2) is 77.9 Å². The van der Waals surface area contributed by atoms with Gasteiger partial charge in [-0.05, 0) is 36.4 Å². The number of carbonyl (C=O) groups excluding carboxylic acids is 1.